The highest BCUT2D eigenvalue weighted by Crippen LogP contribution is 2.38. The lowest BCUT2D eigenvalue weighted by Gasteiger charge is -2.30. The van der Waals surface area contributed by atoms with Crippen LogP contribution >= 0.6 is 11.6 Å². The van der Waals surface area contributed by atoms with E-state index in [2.05, 4.69) is 16.8 Å². The van der Waals surface area contributed by atoms with Gasteiger partial charge < -0.3 is 14.2 Å². The number of hydrogen-bond donors (Lipinski definition) is 1. The van der Waals surface area contributed by atoms with Crippen molar-refractivity contribution in [3.05, 3.63) is 98.8 Å². The molecule has 2 aromatic heterocycles. The minimum atomic E-state index is -1.49. The summed E-state index contributed by atoms with van der Waals surface area (Å²) in [7, 11) is 3.58. The quantitative estimate of drug-likeness (QED) is 0.455. The van der Waals surface area contributed by atoms with Gasteiger partial charge >= 0.3 is 0 Å². The van der Waals surface area contributed by atoms with E-state index in [1.54, 1.807) is 59.0 Å². The highest BCUT2D eigenvalue weighted by atomic mass is 35.5. The number of halogens is 1. The van der Waals surface area contributed by atoms with Gasteiger partial charge in [0.05, 0.1) is 23.7 Å². The first kappa shape index (κ1) is 22.8. The normalized spacial score (nSPS) is 13.4. The molecular weight excluding hydrogens is 434 g/mol. The number of nitrogens with zero attached hydrogens (tertiary/aromatic N) is 3. The SMILES string of the molecule is Cn1cncc1C(O)(c1ccc(Cl)cc1)c1ccc2c(c1)c(C#CC(C)(C)C)cc(=O)n2C. The lowest BCUT2D eigenvalue weighted by atomic mass is 9.82. The molecule has 4 rings (SSSR count). The summed E-state index contributed by atoms with van der Waals surface area (Å²) in [5.74, 6) is 6.41. The molecule has 0 aliphatic heterocycles. The molecule has 0 aliphatic rings. The molecule has 1 atom stereocenters. The molecule has 0 saturated carbocycles. The number of aryl methyl sites for hydroxylation is 2. The van der Waals surface area contributed by atoms with Crippen LogP contribution in [-0.2, 0) is 19.7 Å². The van der Waals surface area contributed by atoms with Crippen LogP contribution in [0, 0.1) is 17.3 Å². The Balaban J connectivity index is 2.04. The van der Waals surface area contributed by atoms with Crippen molar-refractivity contribution in [1.29, 1.82) is 0 Å². The number of benzene rings is 2. The van der Waals surface area contributed by atoms with Gasteiger partial charge in [0.15, 0.2) is 5.60 Å². The molecule has 0 saturated heterocycles. The molecule has 0 radical (unpaired) electrons. The van der Waals surface area contributed by atoms with Gasteiger partial charge in [0.1, 0.15) is 0 Å². The van der Waals surface area contributed by atoms with E-state index in [0.29, 0.717) is 27.4 Å². The fourth-order valence-electron chi connectivity index (χ4n) is 3.90. The standard InChI is InChI=1S/C27H26ClN3O2/c1-26(2,3)13-12-18-14-25(32)31(5)23-11-8-20(15-22(18)23)27(33,24-16-29-17-30(24)4)19-6-9-21(28)10-7-19/h6-11,14-17,33H,1-5H3. The van der Waals surface area contributed by atoms with Gasteiger partial charge in [-0.25, -0.2) is 4.98 Å². The van der Waals surface area contributed by atoms with Crippen molar-refractivity contribution in [1.82, 2.24) is 14.1 Å². The molecule has 168 valence electrons. The molecular formula is C27H26ClN3O2. The Bertz CT molecular complexity index is 1460. The molecule has 1 unspecified atom stereocenters. The molecule has 2 aromatic carbocycles. The second-order valence-electron chi connectivity index (χ2n) is 9.29. The van der Waals surface area contributed by atoms with Gasteiger partial charge in [0.25, 0.3) is 5.56 Å². The minimum absolute atomic E-state index is 0.131. The van der Waals surface area contributed by atoms with E-state index >= 15 is 0 Å². The Labute approximate surface area is 198 Å². The zero-order valence-corrected chi connectivity index (χ0v) is 20.1. The van der Waals surface area contributed by atoms with Crippen LogP contribution in [-0.4, -0.2) is 19.2 Å². The zero-order valence-electron chi connectivity index (χ0n) is 19.3. The van der Waals surface area contributed by atoms with Crippen LogP contribution in [0.15, 0.2) is 65.8 Å². The van der Waals surface area contributed by atoms with E-state index in [0.717, 1.165) is 10.9 Å². The maximum absolute atomic E-state index is 12.6. The minimum Gasteiger partial charge on any atom is -0.374 e. The molecule has 5 nitrogen and oxygen atoms in total. The van der Waals surface area contributed by atoms with E-state index in [1.807, 2.05) is 46.0 Å². The molecule has 0 aliphatic carbocycles. The number of imidazole rings is 1. The fraction of sp³-hybridized carbons (Fsp3) is 0.259. The molecule has 2 heterocycles. The van der Waals surface area contributed by atoms with Crippen molar-refractivity contribution in [2.45, 2.75) is 26.4 Å². The highest BCUT2D eigenvalue weighted by molar-refractivity contribution is 6.30. The number of hydrogen-bond acceptors (Lipinski definition) is 3. The predicted octanol–water partition coefficient (Wildman–Crippen LogP) is 4.61. The maximum atomic E-state index is 12.6. The van der Waals surface area contributed by atoms with Crippen LogP contribution < -0.4 is 5.56 Å². The molecule has 0 spiro atoms. The Morgan fingerprint density at radius 3 is 2.27 bits per heavy atom. The Morgan fingerprint density at radius 2 is 1.67 bits per heavy atom. The Hall–Kier alpha value is -3.33. The zero-order chi connectivity index (χ0) is 24.0. The largest absolute Gasteiger partial charge is 0.374 e. The summed E-state index contributed by atoms with van der Waals surface area (Å²) in [5, 5.41) is 13.6. The first-order valence-electron chi connectivity index (χ1n) is 10.6. The number of fused-ring (bicyclic) bond motifs is 1. The Kier molecular flexibility index (Phi) is 5.69. The number of rotatable bonds is 3. The molecule has 0 amide bonds. The molecule has 1 N–H and O–H groups in total. The van der Waals surface area contributed by atoms with Gasteiger partial charge in [0, 0.05) is 41.5 Å². The van der Waals surface area contributed by atoms with E-state index < -0.39 is 5.60 Å². The van der Waals surface area contributed by atoms with Crippen molar-refractivity contribution in [2.24, 2.45) is 19.5 Å². The average Bonchev–Trinajstić information content (AvgIpc) is 3.20. The van der Waals surface area contributed by atoms with Gasteiger partial charge in [-0.2, -0.15) is 0 Å². The number of aromatic nitrogens is 3. The summed E-state index contributed by atoms with van der Waals surface area (Å²) in [6.45, 7) is 6.07. The van der Waals surface area contributed by atoms with Gasteiger partial charge in [-0.15, -0.1) is 0 Å². The molecule has 33 heavy (non-hydrogen) atoms. The van der Waals surface area contributed by atoms with Crippen LogP contribution in [0.4, 0.5) is 0 Å². The number of aliphatic hydroxyl groups is 1. The summed E-state index contributed by atoms with van der Waals surface area (Å²) in [6.07, 6.45) is 3.31. The first-order chi connectivity index (χ1) is 15.5. The van der Waals surface area contributed by atoms with Crippen LogP contribution in [0.2, 0.25) is 5.02 Å². The molecule has 6 heteroatoms. The second-order valence-corrected chi connectivity index (χ2v) is 9.73. The van der Waals surface area contributed by atoms with Gasteiger partial charge in [-0.1, -0.05) is 41.6 Å². The van der Waals surface area contributed by atoms with E-state index in [1.165, 1.54) is 0 Å². The molecule has 0 fully saturated rings. The smallest absolute Gasteiger partial charge is 0.252 e. The molecule has 0 bridgehead atoms. The van der Waals surface area contributed by atoms with Gasteiger partial charge in [0.2, 0.25) is 0 Å². The van der Waals surface area contributed by atoms with Crippen molar-refractivity contribution >= 4 is 22.5 Å². The van der Waals surface area contributed by atoms with E-state index in [4.69, 9.17) is 11.6 Å². The van der Waals surface area contributed by atoms with E-state index in [-0.39, 0.29) is 11.0 Å². The average molecular weight is 460 g/mol. The highest BCUT2D eigenvalue weighted by Gasteiger charge is 2.36. The summed E-state index contributed by atoms with van der Waals surface area (Å²) < 4.78 is 3.38. The van der Waals surface area contributed by atoms with E-state index in [9.17, 15) is 9.90 Å². The van der Waals surface area contributed by atoms with Crippen LogP contribution in [0.25, 0.3) is 10.9 Å². The summed E-state index contributed by atoms with van der Waals surface area (Å²) in [4.78, 5) is 16.8. The van der Waals surface area contributed by atoms with Crippen molar-refractivity contribution < 1.29 is 5.11 Å². The summed E-state index contributed by atoms with van der Waals surface area (Å²) in [5.41, 5.74) is 1.43. The summed E-state index contributed by atoms with van der Waals surface area (Å²) >= 11 is 6.12. The Morgan fingerprint density at radius 1 is 1.00 bits per heavy atom. The van der Waals surface area contributed by atoms with Gasteiger partial charge in [-0.05, 0) is 56.2 Å². The third kappa shape index (κ3) is 4.20. The van der Waals surface area contributed by atoms with Gasteiger partial charge in [-0.3, -0.25) is 4.79 Å². The third-order valence-electron chi connectivity index (χ3n) is 5.69. The van der Waals surface area contributed by atoms with Crippen LogP contribution in [0.3, 0.4) is 0 Å². The molecule has 4 aromatic rings. The monoisotopic (exact) mass is 459 g/mol. The third-order valence-corrected chi connectivity index (χ3v) is 5.94. The van der Waals surface area contributed by atoms with Crippen LogP contribution in [0.5, 0.6) is 0 Å². The number of pyridine rings is 1. The van der Waals surface area contributed by atoms with Crippen molar-refractivity contribution in [2.75, 3.05) is 0 Å². The maximum Gasteiger partial charge on any atom is 0.252 e. The predicted molar refractivity (Wildman–Crippen MR) is 132 cm³/mol. The topological polar surface area (TPSA) is 60.0 Å². The van der Waals surface area contributed by atoms with Crippen LogP contribution in [0.1, 0.15) is 43.2 Å². The fourth-order valence-corrected chi connectivity index (χ4v) is 4.03. The second kappa shape index (κ2) is 8.22. The lowest BCUT2D eigenvalue weighted by molar-refractivity contribution is 0.117. The lowest BCUT2D eigenvalue weighted by Crippen LogP contribution is -2.31. The van der Waals surface area contributed by atoms with Crippen molar-refractivity contribution in [3.63, 3.8) is 0 Å². The summed E-state index contributed by atoms with van der Waals surface area (Å²) in [6, 6.07) is 14.3. The van der Waals surface area contributed by atoms with Crippen molar-refractivity contribution in [3.8, 4) is 11.8 Å². The first-order valence-corrected chi connectivity index (χ1v) is 11.0.